The second-order valence-electron chi connectivity index (χ2n) is 10.9. The number of esters is 1. The van der Waals surface area contributed by atoms with E-state index in [0.29, 0.717) is 17.9 Å². The molecule has 3 atom stereocenters. The van der Waals surface area contributed by atoms with Crippen molar-refractivity contribution in [3.8, 4) is 0 Å². The third-order valence-corrected chi connectivity index (χ3v) is 8.70. The largest absolute Gasteiger partial charge is 0.460 e. The van der Waals surface area contributed by atoms with Gasteiger partial charge < -0.3 is 10.1 Å². The molecule has 1 fully saturated rings. The van der Waals surface area contributed by atoms with Gasteiger partial charge in [-0.05, 0) is 70.2 Å². The molecule has 0 amide bonds. The van der Waals surface area contributed by atoms with Crippen LogP contribution < -0.4 is 5.32 Å². The number of likely N-dealkylation sites (N-methyl/N-ethyl adjacent to an activating group) is 1. The third kappa shape index (κ3) is 8.37. The Morgan fingerprint density at radius 1 is 1.11 bits per heavy atom. The highest BCUT2D eigenvalue weighted by molar-refractivity contribution is 7.89. The fraction of sp³-hybridized carbons (Fsp3) is 0.552. The van der Waals surface area contributed by atoms with Crippen LogP contribution in [0.15, 0.2) is 65.6 Å². The lowest BCUT2D eigenvalue weighted by atomic mass is 9.91. The predicted octanol–water partition coefficient (Wildman–Crippen LogP) is 4.47. The molecule has 37 heavy (non-hydrogen) atoms. The Hall–Kier alpha value is -2.26. The van der Waals surface area contributed by atoms with Gasteiger partial charge in [-0.25, -0.2) is 12.7 Å². The molecule has 1 saturated heterocycles. The molecule has 204 valence electrons. The van der Waals surface area contributed by atoms with E-state index < -0.39 is 15.6 Å². The maximum Gasteiger partial charge on any atom is 0.309 e. The maximum atomic E-state index is 13.2. The van der Waals surface area contributed by atoms with Crippen molar-refractivity contribution < 1.29 is 17.9 Å². The Labute approximate surface area is 223 Å². The minimum Gasteiger partial charge on any atom is -0.460 e. The van der Waals surface area contributed by atoms with Crippen molar-refractivity contribution in [3.05, 3.63) is 66.2 Å². The normalized spacial score (nSPS) is 20.1. The quantitative estimate of drug-likeness (QED) is 0.433. The van der Waals surface area contributed by atoms with E-state index in [9.17, 15) is 13.2 Å². The number of sulfonamides is 1. The van der Waals surface area contributed by atoms with Gasteiger partial charge in [0.2, 0.25) is 10.0 Å². The lowest BCUT2D eigenvalue weighted by Crippen LogP contribution is -2.52. The minimum absolute atomic E-state index is 0.0375. The smallest absolute Gasteiger partial charge is 0.309 e. The Morgan fingerprint density at radius 3 is 2.32 bits per heavy atom. The van der Waals surface area contributed by atoms with Crippen molar-refractivity contribution in [2.45, 2.75) is 69.5 Å². The molecule has 0 aromatic heterocycles. The van der Waals surface area contributed by atoms with Crippen molar-refractivity contribution in [1.82, 2.24) is 14.5 Å². The van der Waals surface area contributed by atoms with Gasteiger partial charge in [0.1, 0.15) is 5.60 Å². The summed E-state index contributed by atoms with van der Waals surface area (Å²) in [7, 11) is -1.92. The summed E-state index contributed by atoms with van der Waals surface area (Å²) in [6.07, 6.45) is 2.35. The topological polar surface area (TPSA) is 79.0 Å². The molecule has 2 aromatic rings. The average Bonchev–Trinajstić information content (AvgIpc) is 2.87. The highest BCUT2D eigenvalue weighted by atomic mass is 32.2. The zero-order chi connectivity index (χ0) is 27.1. The molecule has 7 nitrogen and oxygen atoms in total. The second-order valence-corrected chi connectivity index (χ2v) is 12.9. The van der Waals surface area contributed by atoms with Gasteiger partial charge in [-0.15, -0.1) is 0 Å². The molecule has 0 bridgehead atoms. The number of carbonyl (C=O) groups excluding carboxylic acids is 1. The van der Waals surface area contributed by atoms with Gasteiger partial charge in [-0.3, -0.25) is 9.69 Å². The predicted molar refractivity (Wildman–Crippen MR) is 148 cm³/mol. The first kappa shape index (κ1) is 29.3. The highest BCUT2D eigenvalue weighted by Crippen LogP contribution is 2.28. The van der Waals surface area contributed by atoms with E-state index in [-0.39, 0.29) is 24.0 Å². The molecular weight excluding hydrogens is 486 g/mol. The molecule has 2 aromatic carbocycles. The van der Waals surface area contributed by atoms with E-state index in [2.05, 4.69) is 29.3 Å². The molecule has 0 spiro atoms. The van der Waals surface area contributed by atoms with E-state index in [4.69, 9.17) is 4.74 Å². The van der Waals surface area contributed by atoms with Crippen molar-refractivity contribution >= 4 is 16.0 Å². The Bertz CT molecular complexity index is 1090. The molecule has 0 saturated carbocycles. The van der Waals surface area contributed by atoms with Crippen LogP contribution in [-0.2, 0) is 19.6 Å². The number of nitrogens with zero attached hydrogens (tertiary/aromatic N) is 2. The summed E-state index contributed by atoms with van der Waals surface area (Å²) in [5.74, 6) is -0.202. The third-order valence-electron chi connectivity index (χ3n) is 6.86. The number of benzene rings is 2. The van der Waals surface area contributed by atoms with E-state index in [1.165, 1.54) is 4.31 Å². The summed E-state index contributed by atoms with van der Waals surface area (Å²) in [5, 5.41) is 3.54. The van der Waals surface area contributed by atoms with Crippen LogP contribution in [0.2, 0.25) is 0 Å². The number of piperidine rings is 1. The van der Waals surface area contributed by atoms with Crippen molar-refractivity contribution in [2.24, 2.45) is 5.92 Å². The monoisotopic (exact) mass is 529 g/mol. The molecule has 3 rings (SSSR count). The number of likely N-dealkylation sites (tertiary alicyclic amines) is 1. The van der Waals surface area contributed by atoms with Crippen LogP contribution in [0, 0.1) is 5.92 Å². The molecular formula is C29H43N3O4S. The zero-order valence-corrected chi connectivity index (χ0v) is 23.7. The summed E-state index contributed by atoms with van der Waals surface area (Å²) in [4.78, 5) is 15.4. The molecule has 1 aliphatic heterocycles. The van der Waals surface area contributed by atoms with Gasteiger partial charge in [0.15, 0.2) is 0 Å². The molecule has 8 heteroatoms. The number of rotatable bonds is 11. The Morgan fingerprint density at radius 2 is 1.73 bits per heavy atom. The fourth-order valence-corrected chi connectivity index (χ4v) is 6.16. The fourth-order valence-electron chi connectivity index (χ4n) is 4.92. The Balaban J connectivity index is 1.70. The molecule has 1 heterocycles. The first-order valence-corrected chi connectivity index (χ1v) is 14.7. The van der Waals surface area contributed by atoms with Crippen molar-refractivity contribution in [2.75, 3.05) is 33.2 Å². The minimum atomic E-state index is -3.58. The molecule has 1 unspecified atom stereocenters. The molecule has 1 N–H and O–H groups in total. The van der Waals surface area contributed by atoms with Crippen LogP contribution in [0.5, 0.6) is 0 Å². The summed E-state index contributed by atoms with van der Waals surface area (Å²) >= 11 is 0. The molecule has 0 aliphatic carbocycles. The van der Waals surface area contributed by atoms with Gasteiger partial charge in [0.05, 0.1) is 17.0 Å². The van der Waals surface area contributed by atoms with Gasteiger partial charge in [-0.1, -0.05) is 55.5 Å². The summed E-state index contributed by atoms with van der Waals surface area (Å²) < 4.78 is 33.5. The SMILES string of the molecule is CCN[C@@H]1CC(C(=O)OC(C)(C)C)CCN1CC[C@@H](CN(C)S(=O)(=O)c1ccccc1)c1ccccc1. The molecule has 0 radical (unpaired) electrons. The average molecular weight is 530 g/mol. The summed E-state index contributed by atoms with van der Waals surface area (Å²) in [6, 6.07) is 18.7. The van der Waals surface area contributed by atoms with Gasteiger partial charge in [-0.2, -0.15) is 0 Å². The van der Waals surface area contributed by atoms with Crippen LogP contribution >= 0.6 is 0 Å². The van der Waals surface area contributed by atoms with Crippen LogP contribution in [-0.4, -0.2) is 68.6 Å². The van der Waals surface area contributed by atoms with E-state index in [1.54, 1.807) is 31.3 Å². The first-order chi connectivity index (χ1) is 17.5. The van der Waals surface area contributed by atoms with E-state index in [0.717, 1.165) is 38.0 Å². The van der Waals surface area contributed by atoms with Crippen LogP contribution in [0.1, 0.15) is 58.4 Å². The van der Waals surface area contributed by atoms with E-state index >= 15 is 0 Å². The first-order valence-electron chi connectivity index (χ1n) is 13.3. The lowest BCUT2D eigenvalue weighted by Gasteiger charge is -2.40. The van der Waals surface area contributed by atoms with Gasteiger partial charge in [0.25, 0.3) is 0 Å². The van der Waals surface area contributed by atoms with E-state index in [1.807, 2.05) is 45.0 Å². The van der Waals surface area contributed by atoms with Crippen LogP contribution in [0.4, 0.5) is 0 Å². The standard InChI is InChI=1S/C29H43N3O4S/c1-6-30-27-21-24(28(33)36-29(2,3)4)17-19-32(27)20-18-25(23-13-9-7-10-14-23)22-31(5)37(34,35)26-15-11-8-12-16-26/h7-16,24-25,27,30H,6,17-22H2,1-5H3/t24?,25-,27-/m0/s1. The highest BCUT2D eigenvalue weighted by Gasteiger charge is 2.35. The maximum absolute atomic E-state index is 13.2. The number of hydrogen-bond acceptors (Lipinski definition) is 6. The number of hydrogen-bond donors (Lipinski definition) is 1. The Kier molecular flexibility index (Phi) is 10.3. The van der Waals surface area contributed by atoms with Crippen LogP contribution in [0.3, 0.4) is 0 Å². The zero-order valence-electron chi connectivity index (χ0n) is 22.9. The molecule has 1 aliphatic rings. The summed E-state index contributed by atoms with van der Waals surface area (Å²) in [5.41, 5.74) is 0.637. The second kappa shape index (κ2) is 13.0. The number of ether oxygens (including phenoxy) is 1. The summed E-state index contributed by atoms with van der Waals surface area (Å²) in [6.45, 7) is 10.6. The van der Waals surface area contributed by atoms with Crippen molar-refractivity contribution in [1.29, 1.82) is 0 Å². The number of carbonyl (C=O) groups is 1. The van der Waals surface area contributed by atoms with Gasteiger partial charge in [0, 0.05) is 26.7 Å². The van der Waals surface area contributed by atoms with Crippen molar-refractivity contribution in [3.63, 3.8) is 0 Å². The number of nitrogens with one attached hydrogen (secondary N) is 1. The van der Waals surface area contributed by atoms with Gasteiger partial charge >= 0.3 is 5.97 Å². The van der Waals surface area contributed by atoms with Crippen LogP contribution in [0.25, 0.3) is 0 Å². The lowest BCUT2D eigenvalue weighted by molar-refractivity contribution is -0.162.